The first-order valence-electron chi connectivity index (χ1n) is 10.3. The summed E-state index contributed by atoms with van der Waals surface area (Å²) in [5, 5.41) is 2.78. The van der Waals surface area contributed by atoms with Crippen LogP contribution in [0.15, 0.2) is 77.7 Å². The summed E-state index contributed by atoms with van der Waals surface area (Å²) in [5.74, 6) is -0.0898. The summed E-state index contributed by atoms with van der Waals surface area (Å²) in [6.07, 6.45) is 0. The van der Waals surface area contributed by atoms with Gasteiger partial charge in [-0.05, 0) is 55.7 Å². The van der Waals surface area contributed by atoms with E-state index in [-0.39, 0.29) is 16.5 Å². The van der Waals surface area contributed by atoms with Gasteiger partial charge in [-0.15, -0.1) is 0 Å². The summed E-state index contributed by atoms with van der Waals surface area (Å²) in [6, 6.07) is 20.6. The van der Waals surface area contributed by atoms with Crippen LogP contribution in [0, 0.1) is 6.92 Å². The highest BCUT2D eigenvalue weighted by Crippen LogP contribution is 2.28. The minimum Gasteiger partial charge on any atom is -0.496 e. The van der Waals surface area contributed by atoms with Crippen LogP contribution in [-0.2, 0) is 10.0 Å². The van der Waals surface area contributed by atoms with Crippen LogP contribution in [0.1, 0.15) is 46.9 Å². The van der Waals surface area contributed by atoms with Gasteiger partial charge < -0.3 is 10.1 Å². The molecule has 0 spiro atoms. The maximum Gasteiger partial charge on any atom is 0.255 e. The Labute approximate surface area is 189 Å². The van der Waals surface area contributed by atoms with Crippen LogP contribution in [0.25, 0.3) is 0 Å². The van der Waals surface area contributed by atoms with E-state index >= 15 is 0 Å². The highest BCUT2D eigenvalue weighted by atomic mass is 32.2. The smallest absolute Gasteiger partial charge is 0.255 e. The summed E-state index contributed by atoms with van der Waals surface area (Å²) in [4.78, 5) is 12.6. The Morgan fingerprint density at radius 2 is 1.59 bits per heavy atom. The number of sulfonamides is 1. The molecule has 0 fully saturated rings. The van der Waals surface area contributed by atoms with Crippen LogP contribution in [0.2, 0.25) is 0 Å². The van der Waals surface area contributed by atoms with Crippen LogP contribution in [0.3, 0.4) is 0 Å². The van der Waals surface area contributed by atoms with E-state index in [4.69, 9.17) is 4.74 Å². The molecule has 3 aromatic rings. The summed E-state index contributed by atoms with van der Waals surface area (Å²) >= 11 is 0. The average Bonchev–Trinajstić information content (AvgIpc) is 2.77. The van der Waals surface area contributed by atoms with Gasteiger partial charge in [0.15, 0.2) is 0 Å². The molecular weight excluding hydrogens is 424 g/mol. The Kier molecular flexibility index (Phi) is 7.33. The predicted octanol–water partition coefficient (Wildman–Crippen LogP) is 4.21. The van der Waals surface area contributed by atoms with Gasteiger partial charge >= 0.3 is 0 Å². The molecule has 3 rings (SSSR count). The third-order valence-corrected chi connectivity index (χ3v) is 6.47. The number of hydrogen-bond donors (Lipinski definition) is 2. The van der Waals surface area contributed by atoms with Gasteiger partial charge in [0.2, 0.25) is 10.0 Å². The molecule has 0 aromatic heterocycles. The highest BCUT2D eigenvalue weighted by molar-refractivity contribution is 7.89. The second kappa shape index (κ2) is 9.97. The number of nitrogens with one attached hydrogen (secondary N) is 2. The monoisotopic (exact) mass is 452 g/mol. The quantitative estimate of drug-likeness (QED) is 0.536. The van der Waals surface area contributed by atoms with Crippen molar-refractivity contribution in [3.63, 3.8) is 0 Å². The fraction of sp³-hybridized carbons (Fsp3) is 0.240. The van der Waals surface area contributed by atoms with Crippen molar-refractivity contribution < 1.29 is 17.9 Å². The summed E-state index contributed by atoms with van der Waals surface area (Å²) in [5.41, 5.74) is 2.80. The SMILES string of the molecule is COc1ccc(S(=O)(=O)N[C@@H](c2ccccc2)c2ccccc2C)cc1C(=O)NC(C)C. The molecule has 32 heavy (non-hydrogen) atoms. The normalized spacial score (nSPS) is 12.4. The summed E-state index contributed by atoms with van der Waals surface area (Å²) in [7, 11) is -2.53. The Bertz CT molecular complexity index is 1190. The maximum atomic E-state index is 13.4. The van der Waals surface area contributed by atoms with Gasteiger partial charge in [-0.2, -0.15) is 4.72 Å². The number of ether oxygens (including phenoxy) is 1. The number of rotatable bonds is 8. The van der Waals surface area contributed by atoms with Gasteiger partial charge in [0.1, 0.15) is 5.75 Å². The molecule has 2 N–H and O–H groups in total. The molecule has 0 saturated carbocycles. The fourth-order valence-corrected chi connectivity index (χ4v) is 4.69. The van der Waals surface area contributed by atoms with Crippen LogP contribution < -0.4 is 14.8 Å². The Morgan fingerprint density at radius 3 is 2.22 bits per heavy atom. The van der Waals surface area contributed by atoms with Crippen molar-refractivity contribution >= 4 is 15.9 Å². The number of benzene rings is 3. The molecule has 6 nitrogen and oxygen atoms in total. The first-order chi connectivity index (χ1) is 15.2. The van der Waals surface area contributed by atoms with E-state index in [0.717, 1.165) is 16.7 Å². The first kappa shape index (κ1) is 23.5. The van der Waals surface area contributed by atoms with Crippen LogP contribution in [0.5, 0.6) is 5.75 Å². The molecule has 0 radical (unpaired) electrons. The van der Waals surface area contributed by atoms with E-state index in [1.807, 2.05) is 75.4 Å². The number of aryl methyl sites for hydroxylation is 1. The molecule has 0 heterocycles. The second-order valence-corrected chi connectivity index (χ2v) is 9.53. The van der Waals surface area contributed by atoms with Crippen molar-refractivity contribution in [2.75, 3.05) is 7.11 Å². The number of carbonyl (C=O) groups is 1. The zero-order valence-electron chi connectivity index (χ0n) is 18.6. The van der Waals surface area contributed by atoms with Gasteiger partial charge in [-0.25, -0.2) is 8.42 Å². The lowest BCUT2D eigenvalue weighted by Gasteiger charge is -2.22. The molecule has 0 aliphatic rings. The predicted molar refractivity (Wildman–Crippen MR) is 125 cm³/mol. The van der Waals surface area contributed by atoms with Crippen LogP contribution >= 0.6 is 0 Å². The molecule has 168 valence electrons. The molecule has 1 atom stereocenters. The molecular formula is C25H28N2O4S. The number of hydrogen-bond acceptors (Lipinski definition) is 4. The van der Waals surface area contributed by atoms with E-state index < -0.39 is 22.0 Å². The van der Waals surface area contributed by atoms with Gasteiger partial charge in [0.05, 0.1) is 23.6 Å². The summed E-state index contributed by atoms with van der Waals surface area (Å²) < 4.78 is 34.9. The number of carbonyl (C=O) groups excluding carboxylic acids is 1. The fourth-order valence-electron chi connectivity index (χ4n) is 3.46. The largest absolute Gasteiger partial charge is 0.496 e. The standard InChI is InChI=1S/C25H28N2O4S/c1-17(2)26-25(28)22-16-20(14-15-23(22)31-4)32(29,30)27-24(19-11-6-5-7-12-19)21-13-9-8-10-18(21)3/h5-17,24,27H,1-4H3,(H,26,28)/t24-/m0/s1. The lowest BCUT2D eigenvalue weighted by atomic mass is 9.96. The molecule has 0 saturated heterocycles. The van der Waals surface area contributed by atoms with E-state index in [2.05, 4.69) is 10.0 Å². The van der Waals surface area contributed by atoms with Crippen LogP contribution in [-0.4, -0.2) is 27.5 Å². The minimum atomic E-state index is -3.97. The van der Waals surface area contributed by atoms with Gasteiger partial charge in [-0.3, -0.25) is 4.79 Å². The molecule has 1 amide bonds. The van der Waals surface area contributed by atoms with Crippen molar-refractivity contribution in [3.05, 3.63) is 95.1 Å². The number of methoxy groups -OCH3 is 1. The van der Waals surface area contributed by atoms with E-state index in [9.17, 15) is 13.2 Å². The van der Waals surface area contributed by atoms with E-state index in [1.165, 1.54) is 25.3 Å². The average molecular weight is 453 g/mol. The third kappa shape index (κ3) is 5.36. The second-order valence-electron chi connectivity index (χ2n) is 7.81. The van der Waals surface area contributed by atoms with Gasteiger partial charge in [-0.1, -0.05) is 54.6 Å². The zero-order chi connectivity index (χ0) is 23.3. The van der Waals surface area contributed by atoms with Crippen molar-refractivity contribution in [2.45, 2.75) is 37.8 Å². The van der Waals surface area contributed by atoms with Crippen molar-refractivity contribution in [1.82, 2.24) is 10.0 Å². The molecule has 0 unspecified atom stereocenters. The third-order valence-electron chi connectivity index (χ3n) is 5.05. The Balaban J connectivity index is 2.04. The van der Waals surface area contributed by atoms with Crippen LogP contribution in [0.4, 0.5) is 0 Å². The van der Waals surface area contributed by atoms with E-state index in [1.54, 1.807) is 0 Å². The molecule has 3 aromatic carbocycles. The topological polar surface area (TPSA) is 84.5 Å². The highest BCUT2D eigenvalue weighted by Gasteiger charge is 2.26. The summed E-state index contributed by atoms with van der Waals surface area (Å²) in [6.45, 7) is 5.61. The molecule has 0 aliphatic heterocycles. The van der Waals surface area contributed by atoms with Gasteiger partial charge in [0, 0.05) is 6.04 Å². The Hall–Kier alpha value is -3.16. The van der Waals surface area contributed by atoms with Gasteiger partial charge in [0.25, 0.3) is 5.91 Å². The van der Waals surface area contributed by atoms with Crippen molar-refractivity contribution in [2.24, 2.45) is 0 Å². The van der Waals surface area contributed by atoms with Crippen molar-refractivity contribution in [1.29, 1.82) is 0 Å². The van der Waals surface area contributed by atoms with Crippen molar-refractivity contribution in [3.8, 4) is 5.75 Å². The zero-order valence-corrected chi connectivity index (χ0v) is 19.4. The molecule has 0 bridgehead atoms. The van der Waals surface area contributed by atoms with E-state index in [0.29, 0.717) is 5.75 Å². The first-order valence-corrected chi connectivity index (χ1v) is 11.8. The lowest BCUT2D eigenvalue weighted by molar-refractivity contribution is 0.0940. The Morgan fingerprint density at radius 1 is 0.938 bits per heavy atom. The minimum absolute atomic E-state index is 0.0123. The lowest BCUT2D eigenvalue weighted by Crippen LogP contribution is -2.32. The maximum absolute atomic E-state index is 13.4. The molecule has 7 heteroatoms. The number of amides is 1. The molecule has 0 aliphatic carbocycles.